The largest absolute Gasteiger partial charge is 0.488 e. The number of ether oxygens (including phenoxy) is 1. The van der Waals surface area contributed by atoms with E-state index in [0.717, 1.165) is 18.7 Å². The molecule has 1 N–H and O–H groups in total. The molecule has 0 heterocycles. The molecule has 0 saturated heterocycles. The van der Waals surface area contributed by atoms with Gasteiger partial charge in [0.1, 0.15) is 0 Å². The summed E-state index contributed by atoms with van der Waals surface area (Å²) in [5.74, 6) is 0.568. The van der Waals surface area contributed by atoms with Crippen LogP contribution in [0, 0.1) is 0 Å². The van der Waals surface area contributed by atoms with E-state index >= 15 is 0 Å². The molecule has 2 nitrogen and oxygen atoms in total. The zero-order valence-electron chi connectivity index (χ0n) is 9.81. The third-order valence-corrected chi connectivity index (χ3v) is 2.55. The highest BCUT2D eigenvalue weighted by Gasteiger charge is 2.10. The van der Waals surface area contributed by atoms with E-state index in [1.807, 2.05) is 26.0 Å². The van der Waals surface area contributed by atoms with Gasteiger partial charge >= 0.3 is 0 Å². The molecule has 0 aliphatic carbocycles. The summed E-state index contributed by atoms with van der Waals surface area (Å²) >= 11 is 12.2. The molecule has 90 valence electrons. The summed E-state index contributed by atoms with van der Waals surface area (Å²) < 4.78 is 5.55. The number of hydrogen-bond acceptors (Lipinski definition) is 2. The Kier molecular flexibility index (Phi) is 5.39. The number of rotatable bonds is 5. The predicted molar refractivity (Wildman–Crippen MR) is 69.6 cm³/mol. The lowest BCUT2D eigenvalue weighted by molar-refractivity contribution is 0.242. The number of nitrogens with one attached hydrogen (secondary N) is 1. The van der Waals surface area contributed by atoms with Crippen molar-refractivity contribution in [3.05, 3.63) is 27.7 Å². The lowest BCUT2D eigenvalue weighted by Crippen LogP contribution is -2.12. The molecule has 1 aromatic carbocycles. The van der Waals surface area contributed by atoms with E-state index < -0.39 is 0 Å². The molecule has 1 rings (SSSR count). The zero-order chi connectivity index (χ0) is 12.1. The van der Waals surface area contributed by atoms with Crippen molar-refractivity contribution in [1.82, 2.24) is 5.32 Å². The van der Waals surface area contributed by atoms with Crippen LogP contribution >= 0.6 is 23.2 Å². The fraction of sp³-hybridized carbons (Fsp3) is 0.500. The van der Waals surface area contributed by atoms with Gasteiger partial charge in [-0.15, -0.1) is 0 Å². The molecular weight excluding hydrogens is 245 g/mol. The Hall–Kier alpha value is -0.440. The highest BCUT2D eigenvalue weighted by molar-refractivity contribution is 6.37. The van der Waals surface area contributed by atoms with Crippen molar-refractivity contribution in [2.75, 3.05) is 6.54 Å². The standard InChI is InChI=1S/C12H17Cl2NO/c1-4-15-7-9-5-10(13)12(11(14)6-9)16-8(2)3/h5-6,8,15H,4,7H2,1-3H3. The minimum atomic E-state index is 0.0645. The lowest BCUT2D eigenvalue weighted by Gasteiger charge is -2.14. The van der Waals surface area contributed by atoms with Crippen LogP contribution in [0.1, 0.15) is 26.3 Å². The van der Waals surface area contributed by atoms with Crippen LogP contribution in [0.2, 0.25) is 10.0 Å². The molecular formula is C12H17Cl2NO. The van der Waals surface area contributed by atoms with E-state index in [-0.39, 0.29) is 6.10 Å². The van der Waals surface area contributed by atoms with Crippen LogP contribution in [0.4, 0.5) is 0 Å². The Bertz CT molecular complexity index is 330. The minimum Gasteiger partial charge on any atom is -0.488 e. The molecule has 4 heteroatoms. The molecule has 0 fully saturated rings. The Balaban J connectivity index is 2.89. The van der Waals surface area contributed by atoms with Gasteiger partial charge in [-0.05, 0) is 38.1 Å². The summed E-state index contributed by atoms with van der Waals surface area (Å²) in [4.78, 5) is 0. The van der Waals surface area contributed by atoms with Crippen molar-refractivity contribution in [2.45, 2.75) is 33.4 Å². The summed E-state index contributed by atoms with van der Waals surface area (Å²) in [6.45, 7) is 7.62. The van der Waals surface area contributed by atoms with Crippen LogP contribution in [0.25, 0.3) is 0 Å². The lowest BCUT2D eigenvalue weighted by atomic mass is 10.2. The smallest absolute Gasteiger partial charge is 0.156 e. The van der Waals surface area contributed by atoms with Crippen LogP contribution in [-0.2, 0) is 6.54 Å². The van der Waals surface area contributed by atoms with Crippen molar-refractivity contribution in [1.29, 1.82) is 0 Å². The van der Waals surface area contributed by atoms with Crippen LogP contribution < -0.4 is 10.1 Å². The van der Waals surface area contributed by atoms with Gasteiger partial charge in [0.2, 0.25) is 0 Å². The normalized spacial score (nSPS) is 10.9. The van der Waals surface area contributed by atoms with Crippen LogP contribution in [0.5, 0.6) is 5.75 Å². The van der Waals surface area contributed by atoms with Crippen molar-refractivity contribution >= 4 is 23.2 Å². The highest BCUT2D eigenvalue weighted by atomic mass is 35.5. The SMILES string of the molecule is CCNCc1cc(Cl)c(OC(C)C)c(Cl)c1. The molecule has 0 bridgehead atoms. The molecule has 1 aromatic rings. The van der Waals surface area contributed by atoms with E-state index in [1.165, 1.54) is 0 Å². The quantitative estimate of drug-likeness (QED) is 0.869. The second kappa shape index (κ2) is 6.33. The monoisotopic (exact) mass is 261 g/mol. The third-order valence-electron chi connectivity index (χ3n) is 1.99. The first kappa shape index (κ1) is 13.6. The molecule has 0 atom stereocenters. The maximum Gasteiger partial charge on any atom is 0.156 e. The summed E-state index contributed by atoms with van der Waals surface area (Å²) in [5.41, 5.74) is 1.06. The van der Waals surface area contributed by atoms with Gasteiger partial charge < -0.3 is 10.1 Å². The van der Waals surface area contributed by atoms with Gasteiger partial charge in [0, 0.05) is 6.54 Å². The third kappa shape index (κ3) is 3.85. The second-order valence-corrected chi connectivity index (χ2v) is 4.65. The van der Waals surface area contributed by atoms with Gasteiger partial charge in [0.25, 0.3) is 0 Å². The topological polar surface area (TPSA) is 21.3 Å². The van der Waals surface area contributed by atoms with Crippen LogP contribution in [0.15, 0.2) is 12.1 Å². The zero-order valence-corrected chi connectivity index (χ0v) is 11.3. The van der Waals surface area contributed by atoms with Gasteiger partial charge in [-0.25, -0.2) is 0 Å². The molecule has 0 amide bonds. The van der Waals surface area contributed by atoms with Gasteiger partial charge in [-0.2, -0.15) is 0 Å². The van der Waals surface area contributed by atoms with Crippen molar-refractivity contribution in [2.24, 2.45) is 0 Å². The van der Waals surface area contributed by atoms with E-state index in [0.29, 0.717) is 15.8 Å². The predicted octanol–water partition coefficient (Wildman–Crippen LogP) is 3.89. The first-order valence-electron chi connectivity index (χ1n) is 5.39. The van der Waals surface area contributed by atoms with Gasteiger partial charge in [-0.1, -0.05) is 30.1 Å². The van der Waals surface area contributed by atoms with Gasteiger partial charge in [0.15, 0.2) is 5.75 Å². The molecule has 16 heavy (non-hydrogen) atoms. The maximum atomic E-state index is 6.12. The van der Waals surface area contributed by atoms with E-state index in [1.54, 1.807) is 0 Å². The Morgan fingerprint density at radius 3 is 2.25 bits per heavy atom. The van der Waals surface area contributed by atoms with Crippen molar-refractivity contribution in [3.63, 3.8) is 0 Å². The molecule has 0 radical (unpaired) electrons. The second-order valence-electron chi connectivity index (χ2n) is 3.84. The summed E-state index contributed by atoms with van der Waals surface area (Å²) in [6.07, 6.45) is 0.0645. The first-order valence-corrected chi connectivity index (χ1v) is 6.15. The van der Waals surface area contributed by atoms with Crippen molar-refractivity contribution in [3.8, 4) is 5.75 Å². The van der Waals surface area contributed by atoms with E-state index in [2.05, 4.69) is 12.2 Å². The molecule has 0 spiro atoms. The van der Waals surface area contributed by atoms with Crippen LogP contribution in [-0.4, -0.2) is 12.6 Å². The molecule has 0 saturated carbocycles. The fourth-order valence-corrected chi connectivity index (χ4v) is 1.95. The molecule has 0 aliphatic heterocycles. The summed E-state index contributed by atoms with van der Waals surface area (Å²) in [7, 11) is 0. The average Bonchev–Trinajstić information content (AvgIpc) is 2.20. The number of benzene rings is 1. The Labute approximate surface area is 107 Å². The van der Waals surface area contributed by atoms with Gasteiger partial charge in [-0.3, -0.25) is 0 Å². The number of hydrogen-bond donors (Lipinski definition) is 1. The highest BCUT2D eigenvalue weighted by Crippen LogP contribution is 2.34. The summed E-state index contributed by atoms with van der Waals surface area (Å²) in [6, 6.07) is 3.77. The maximum absolute atomic E-state index is 6.12. The number of halogens is 2. The van der Waals surface area contributed by atoms with Crippen molar-refractivity contribution < 1.29 is 4.74 Å². The molecule has 0 aliphatic rings. The summed E-state index contributed by atoms with van der Waals surface area (Å²) in [5, 5.41) is 4.35. The molecule has 0 unspecified atom stereocenters. The average molecular weight is 262 g/mol. The fourth-order valence-electron chi connectivity index (χ4n) is 1.33. The Morgan fingerprint density at radius 1 is 1.25 bits per heavy atom. The van der Waals surface area contributed by atoms with E-state index in [9.17, 15) is 0 Å². The van der Waals surface area contributed by atoms with E-state index in [4.69, 9.17) is 27.9 Å². The minimum absolute atomic E-state index is 0.0645. The Morgan fingerprint density at radius 2 is 1.81 bits per heavy atom. The van der Waals surface area contributed by atoms with Crippen LogP contribution in [0.3, 0.4) is 0 Å². The van der Waals surface area contributed by atoms with Gasteiger partial charge in [0.05, 0.1) is 16.1 Å². The first-order chi connectivity index (χ1) is 7.54. The molecule has 0 aromatic heterocycles.